The first-order valence-electron chi connectivity index (χ1n) is 3.99. The van der Waals surface area contributed by atoms with Gasteiger partial charge in [-0.25, -0.2) is 0 Å². The van der Waals surface area contributed by atoms with Crippen molar-refractivity contribution in [3.8, 4) is 0 Å². The van der Waals surface area contributed by atoms with Gasteiger partial charge in [-0.2, -0.15) is 0 Å². The molecule has 1 aliphatic heterocycles. The van der Waals surface area contributed by atoms with Crippen LogP contribution >= 0.6 is 11.6 Å². The first-order valence-corrected chi connectivity index (χ1v) is 4.53. The highest BCUT2D eigenvalue weighted by molar-refractivity contribution is 6.18. The molecule has 0 aromatic carbocycles. The van der Waals surface area contributed by atoms with Crippen LogP contribution in [0, 0.1) is 0 Å². The molecule has 1 rings (SSSR count). The third-order valence-corrected chi connectivity index (χ3v) is 2.39. The number of carbonyl (C=O) groups excluding carboxylic acids is 1. The zero-order valence-electron chi connectivity index (χ0n) is 7.63. The summed E-state index contributed by atoms with van der Waals surface area (Å²) in [6, 6.07) is 0. The van der Waals surface area contributed by atoms with Crippen molar-refractivity contribution in [1.82, 2.24) is 4.90 Å². The maximum absolute atomic E-state index is 11.1. The predicted octanol–water partition coefficient (Wildman–Crippen LogP) is 1.21. The molecule has 1 atom stereocenters. The fourth-order valence-corrected chi connectivity index (χ4v) is 1.68. The Kier molecular flexibility index (Phi) is 2.64. The van der Waals surface area contributed by atoms with Gasteiger partial charge in [0.25, 0.3) is 0 Å². The highest BCUT2D eigenvalue weighted by Gasteiger charge is 2.40. The van der Waals surface area contributed by atoms with E-state index in [1.807, 2.05) is 13.8 Å². The van der Waals surface area contributed by atoms with Crippen LogP contribution in [0.2, 0.25) is 0 Å². The Morgan fingerprint density at radius 2 is 2.33 bits per heavy atom. The molecular weight excluding hydrogens is 178 g/mol. The van der Waals surface area contributed by atoms with Crippen LogP contribution in [0.1, 0.15) is 20.8 Å². The molecule has 0 saturated carbocycles. The lowest BCUT2D eigenvalue weighted by Gasteiger charge is -2.28. The second kappa shape index (κ2) is 3.23. The summed E-state index contributed by atoms with van der Waals surface area (Å²) in [7, 11) is 0. The smallest absolute Gasteiger partial charge is 0.221 e. The molecule has 0 aliphatic carbocycles. The van der Waals surface area contributed by atoms with Gasteiger partial charge < -0.3 is 9.64 Å². The van der Waals surface area contributed by atoms with Crippen molar-refractivity contribution < 1.29 is 9.53 Å². The minimum absolute atomic E-state index is 0.0226. The van der Waals surface area contributed by atoms with Crippen LogP contribution in [0.25, 0.3) is 0 Å². The monoisotopic (exact) mass is 191 g/mol. The number of nitrogens with zero attached hydrogens (tertiary/aromatic N) is 1. The highest BCUT2D eigenvalue weighted by atomic mass is 35.5. The van der Waals surface area contributed by atoms with Gasteiger partial charge in [0.2, 0.25) is 5.91 Å². The topological polar surface area (TPSA) is 29.5 Å². The molecule has 0 radical (unpaired) electrons. The number of carbonyl (C=O) groups is 1. The minimum Gasteiger partial charge on any atom is -0.350 e. The number of rotatable bonds is 1. The van der Waals surface area contributed by atoms with Gasteiger partial charge in [0, 0.05) is 6.92 Å². The van der Waals surface area contributed by atoms with Gasteiger partial charge in [-0.15, -0.1) is 11.6 Å². The summed E-state index contributed by atoms with van der Waals surface area (Å²) in [5, 5.41) is 0. The Hall–Kier alpha value is -0.280. The van der Waals surface area contributed by atoms with E-state index < -0.39 is 5.72 Å². The van der Waals surface area contributed by atoms with E-state index in [4.69, 9.17) is 16.3 Å². The zero-order chi connectivity index (χ0) is 9.35. The third kappa shape index (κ3) is 1.72. The van der Waals surface area contributed by atoms with Crippen molar-refractivity contribution in [2.24, 2.45) is 0 Å². The van der Waals surface area contributed by atoms with Crippen molar-refractivity contribution in [2.75, 3.05) is 12.4 Å². The first-order chi connectivity index (χ1) is 5.47. The molecule has 70 valence electrons. The molecule has 0 aromatic rings. The van der Waals surface area contributed by atoms with Crippen molar-refractivity contribution in [3.63, 3.8) is 0 Å². The van der Waals surface area contributed by atoms with Crippen molar-refractivity contribution >= 4 is 17.5 Å². The quantitative estimate of drug-likeness (QED) is 0.584. The van der Waals surface area contributed by atoms with Crippen LogP contribution in [0.4, 0.5) is 0 Å². The summed E-state index contributed by atoms with van der Waals surface area (Å²) >= 11 is 5.64. The van der Waals surface area contributed by atoms with Gasteiger partial charge in [0.05, 0.1) is 18.5 Å². The normalized spacial score (nSPS) is 27.7. The van der Waals surface area contributed by atoms with E-state index >= 15 is 0 Å². The van der Waals surface area contributed by atoms with E-state index in [1.54, 1.807) is 11.8 Å². The van der Waals surface area contributed by atoms with E-state index in [0.717, 1.165) is 0 Å². The largest absolute Gasteiger partial charge is 0.350 e. The van der Waals surface area contributed by atoms with Crippen LogP contribution in [-0.4, -0.2) is 35.1 Å². The minimum atomic E-state index is -0.495. The Morgan fingerprint density at radius 3 is 2.58 bits per heavy atom. The maximum Gasteiger partial charge on any atom is 0.221 e. The molecule has 0 bridgehead atoms. The predicted molar refractivity (Wildman–Crippen MR) is 47.1 cm³/mol. The number of alkyl halides is 1. The number of halogens is 1. The van der Waals surface area contributed by atoms with Crippen LogP contribution in [0.15, 0.2) is 0 Å². The molecule has 0 unspecified atom stereocenters. The van der Waals surface area contributed by atoms with Gasteiger partial charge in [-0.3, -0.25) is 4.79 Å². The fourth-order valence-electron chi connectivity index (χ4n) is 1.52. The SMILES string of the molecule is CC(=O)N1C[C@@H](CCl)OC1(C)C. The number of hydrogen-bond donors (Lipinski definition) is 0. The Labute approximate surface area is 77.6 Å². The fraction of sp³-hybridized carbons (Fsp3) is 0.875. The van der Waals surface area contributed by atoms with Crippen LogP contribution in [-0.2, 0) is 9.53 Å². The molecule has 1 saturated heterocycles. The molecule has 0 aromatic heterocycles. The second-order valence-electron chi connectivity index (χ2n) is 3.47. The average Bonchev–Trinajstić information content (AvgIpc) is 2.25. The van der Waals surface area contributed by atoms with E-state index in [0.29, 0.717) is 12.4 Å². The lowest BCUT2D eigenvalue weighted by atomic mass is 10.2. The van der Waals surface area contributed by atoms with Crippen molar-refractivity contribution in [2.45, 2.75) is 32.6 Å². The molecule has 1 amide bonds. The average molecular weight is 192 g/mol. The second-order valence-corrected chi connectivity index (χ2v) is 3.78. The van der Waals surface area contributed by atoms with Crippen molar-refractivity contribution in [3.05, 3.63) is 0 Å². The summed E-state index contributed by atoms with van der Waals surface area (Å²) in [4.78, 5) is 12.8. The molecule has 0 N–H and O–H groups in total. The van der Waals surface area contributed by atoms with Gasteiger partial charge in [-0.05, 0) is 13.8 Å². The lowest BCUT2D eigenvalue weighted by molar-refractivity contribution is -0.142. The van der Waals surface area contributed by atoms with Gasteiger partial charge >= 0.3 is 0 Å². The summed E-state index contributed by atoms with van der Waals surface area (Å²) in [6.07, 6.45) is -0.0226. The highest BCUT2D eigenvalue weighted by Crippen LogP contribution is 2.26. The van der Waals surface area contributed by atoms with E-state index in [1.165, 1.54) is 0 Å². The Balaban J connectivity index is 2.70. The molecule has 1 fully saturated rings. The Bertz CT molecular complexity index is 193. The molecular formula is C8H14ClNO2. The van der Waals surface area contributed by atoms with Gasteiger partial charge in [0.15, 0.2) is 0 Å². The molecule has 3 nitrogen and oxygen atoms in total. The molecule has 0 spiro atoms. The lowest BCUT2D eigenvalue weighted by Crippen LogP contribution is -2.42. The van der Waals surface area contributed by atoms with Crippen molar-refractivity contribution in [1.29, 1.82) is 0 Å². The summed E-state index contributed by atoms with van der Waals surface area (Å²) in [6.45, 7) is 5.90. The summed E-state index contributed by atoms with van der Waals surface area (Å²) < 4.78 is 5.54. The molecule has 1 aliphatic rings. The number of ether oxygens (including phenoxy) is 1. The number of hydrogen-bond acceptors (Lipinski definition) is 2. The van der Waals surface area contributed by atoms with Crippen LogP contribution in [0.3, 0.4) is 0 Å². The van der Waals surface area contributed by atoms with E-state index in [2.05, 4.69) is 0 Å². The van der Waals surface area contributed by atoms with Crippen LogP contribution in [0.5, 0.6) is 0 Å². The molecule has 4 heteroatoms. The standard InChI is InChI=1S/C8H14ClNO2/c1-6(11)10-5-7(4-9)12-8(10,2)3/h7H,4-5H2,1-3H3/t7-/m1/s1. The van der Waals surface area contributed by atoms with E-state index in [-0.39, 0.29) is 12.0 Å². The first kappa shape index (κ1) is 9.81. The zero-order valence-corrected chi connectivity index (χ0v) is 8.39. The number of amides is 1. The summed E-state index contributed by atoms with van der Waals surface area (Å²) in [5.41, 5.74) is -0.495. The maximum atomic E-state index is 11.1. The third-order valence-electron chi connectivity index (χ3n) is 2.04. The summed E-state index contributed by atoms with van der Waals surface area (Å²) in [5.74, 6) is 0.473. The van der Waals surface area contributed by atoms with E-state index in [9.17, 15) is 4.79 Å². The Morgan fingerprint density at radius 1 is 1.75 bits per heavy atom. The molecule has 12 heavy (non-hydrogen) atoms. The van der Waals surface area contributed by atoms with Gasteiger partial charge in [-0.1, -0.05) is 0 Å². The molecule has 1 heterocycles. The van der Waals surface area contributed by atoms with Gasteiger partial charge in [0.1, 0.15) is 5.72 Å². The van der Waals surface area contributed by atoms with Crippen LogP contribution < -0.4 is 0 Å².